The zero-order chi connectivity index (χ0) is 14.5. The molecular weight excluding hydrogens is 254 g/mol. The maximum Gasteiger partial charge on any atom is 0.238 e. The number of anilines is 2. The number of nitrogens with zero attached hydrogens (tertiary/aromatic N) is 1. The molecule has 5 heteroatoms. The van der Waals surface area contributed by atoms with Crippen molar-refractivity contribution >= 4 is 23.2 Å². The van der Waals surface area contributed by atoms with Crippen LogP contribution in [0.2, 0.25) is 0 Å². The van der Waals surface area contributed by atoms with Crippen molar-refractivity contribution in [2.75, 3.05) is 23.3 Å². The molecule has 2 amide bonds. The topological polar surface area (TPSA) is 61.4 Å². The van der Waals surface area contributed by atoms with Crippen LogP contribution in [0.1, 0.15) is 26.7 Å². The fraction of sp³-hybridized carbons (Fsp3) is 0.467. The van der Waals surface area contributed by atoms with Crippen LogP contribution in [0.5, 0.6) is 0 Å². The Kier molecular flexibility index (Phi) is 4.74. The van der Waals surface area contributed by atoms with Gasteiger partial charge in [-0.05, 0) is 24.6 Å². The van der Waals surface area contributed by atoms with E-state index in [0.717, 1.165) is 24.3 Å². The van der Waals surface area contributed by atoms with Crippen LogP contribution in [0.3, 0.4) is 0 Å². The third-order valence-corrected chi connectivity index (χ3v) is 3.19. The lowest BCUT2D eigenvalue weighted by Crippen LogP contribution is -2.32. The Labute approximate surface area is 119 Å². The maximum atomic E-state index is 11.8. The predicted molar refractivity (Wildman–Crippen MR) is 79.8 cm³/mol. The van der Waals surface area contributed by atoms with Gasteiger partial charge in [0.2, 0.25) is 11.8 Å². The van der Waals surface area contributed by atoms with Crippen molar-refractivity contribution in [3.05, 3.63) is 24.3 Å². The van der Waals surface area contributed by atoms with Gasteiger partial charge >= 0.3 is 0 Å². The van der Waals surface area contributed by atoms with Crippen molar-refractivity contribution < 1.29 is 9.59 Å². The van der Waals surface area contributed by atoms with Crippen LogP contribution in [-0.2, 0) is 9.59 Å². The molecule has 0 spiro atoms. The van der Waals surface area contributed by atoms with Crippen LogP contribution in [0, 0.1) is 0 Å². The summed E-state index contributed by atoms with van der Waals surface area (Å²) >= 11 is 0. The Balaban J connectivity index is 1.99. The van der Waals surface area contributed by atoms with Gasteiger partial charge in [0.05, 0.1) is 6.54 Å². The summed E-state index contributed by atoms with van der Waals surface area (Å²) in [6, 6.07) is 7.69. The number of carbonyl (C=O) groups excluding carboxylic acids is 2. The molecule has 1 aliphatic rings. The van der Waals surface area contributed by atoms with Gasteiger partial charge in [0, 0.05) is 30.4 Å². The molecule has 108 valence electrons. The summed E-state index contributed by atoms with van der Waals surface area (Å²) in [7, 11) is 0. The van der Waals surface area contributed by atoms with E-state index in [2.05, 4.69) is 10.6 Å². The molecule has 0 saturated carbocycles. The fourth-order valence-corrected chi connectivity index (χ4v) is 2.17. The van der Waals surface area contributed by atoms with E-state index in [1.807, 2.05) is 38.1 Å². The van der Waals surface area contributed by atoms with Crippen molar-refractivity contribution in [3.63, 3.8) is 0 Å². The standard InChI is InChI=1S/C15H21N3O2/c1-11(2)16-10-14(19)17-12-5-3-6-13(9-12)18-8-4-7-15(18)20/h3,5-6,9,11,16H,4,7-8,10H2,1-2H3,(H,17,19). The normalized spacial score (nSPS) is 14.9. The van der Waals surface area contributed by atoms with Gasteiger partial charge in [0.15, 0.2) is 0 Å². The molecule has 5 nitrogen and oxygen atoms in total. The zero-order valence-corrected chi connectivity index (χ0v) is 12.0. The van der Waals surface area contributed by atoms with E-state index in [1.54, 1.807) is 4.90 Å². The summed E-state index contributed by atoms with van der Waals surface area (Å²) in [4.78, 5) is 25.2. The molecule has 2 N–H and O–H groups in total. The highest BCUT2D eigenvalue weighted by Crippen LogP contribution is 2.24. The molecule has 0 atom stereocenters. The van der Waals surface area contributed by atoms with Gasteiger partial charge in [-0.25, -0.2) is 0 Å². The number of benzene rings is 1. The fourth-order valence-electron chi connectivity index (χ4n) is 2.17. The number of rotatable bonds is 5. The molecule has 1 aromatic rings. The van der Waals surface area contributed by atoms with Crippen molar-refractivity contribution in [1.29, 1.82) is 0 Å². The number of amides is 2. The highest BCUT2D eigenvalue weighted by atomic mass is 16.2. The van der Waals surface area contributed by atoms with E-state index in [0.29, 0.717) is 6.42 Å². The summed E-state index contributed by atoms with van der Waals surface area (Å²) in [6.07, 6.45) is 1.50. The van der Waals surface area contributed by atoms with Crippen molar-refractivity contribution in [2.45, 2.75) is 32.7 Å². The third-order valence-electron chi connectivity index (χ3n) is 3.19. The average Bonchev–Trinajstić information content (AvgIpc) is 2.83. The van der Waals surface area contributed by atoms with E-state index < -0.39 is 0 Å². The van der Waals surface area contributed by atoms with Gasteiger partial charge in [-0.2, -0.15) is 0 Å². The largest absolute Gasteiger partial charge is 0.325 e. The van der Waals surface area contributed by atoms with E-state index in [1.165, 1.54) is 0 Å². The molecule has 1 aromatic carbocycles. The van der Waals surface area contributed by atoms with Crippen LogP contribution in [0.4, 0.5) is 11.4 Å². The third kappa shape index (κ3) is 3.81. The molecule has 0 unspecified atom stereocenters. The molecule has 20 heavy (non-hydrogen) atoms. The van der Waals surface area contributed by atoms with Crippen LogP contribution >= 0.6 is 0 Å². The predicted octanol–water partition coefficient (Wildman–Crippen LogP) is 1.75. The minimum absolute atomic E-state index is 0.0800. The van der Waals surface area contributed by atoms with E-state index in [4.69, 9.17) is 0 Å². The van der Waals surface area contributed by atoms with E-state index in [-0.39, 0.29) is 24.4 Å². The molecule has 1 aliphatic heterocycles. The maximum absolute atomic E-state index is 11.8. The monoisotopic (exact) mass is 275 g/mol. The van der Waals surface area contributed by atoms with Crippen molar-refractivity contribution in [1.82, 2.24) is 5.32 Å². The van der Waals surface area contributed by atoms with Crippen LogP contribution in [0.15, 0.2) is 24.3 Å². The Morgan fingerprint density at radius 2 is 2.20 bits per heavy atom. The lowest BCUT2D eigenvalue weighted by molar-refractivity contribution is -0.117. The lowest BCUT2D eigenvalue weighted by atomic mass is 10.2. The number of hydrogen-bond donors (Lipinski definition) is 2. The number of hydrogen-bond acceptors (Lipinski definition) is 3. The zero-order valence-electron chi connectivity index (χ0n) is 12.0. The lowest BCUT2D eigenvalue weighted by Gasteiger charge is -2.17. The molecule has 0 bridgehead atoms. The summed E-state index contributed by atoms with van der Waals surface area (Å²) in [6.45, 7) is 5.02. The Bertz CT molecular complexity index is 500. The Morgan fingerprint density at radius 3 is 2.85 bits per heavy atom. The molecule has 0 aliphatic carbocycles. The second-order valence-electron chi connectivity index (χ2n) is 5.28. The van der Waals surface area contributed by atoms with Gasteiger partial charge in [-0.1, -0.05) is 19.9 Å². The Hall–Kier alpha value is -1.88. The first-order valence-corrected chi connectivity index (χ1v) is 7.00. The highest BCUT2D eigenvalue weighted by Gasteiger charge is 2.21. The Morgan fingerprint density at radius 1 is 1.40 bits per heavy atom. The molecular formula is C15H21N3O2. The molecule has 1 heterocycles. The second kappa shape index (κ2) is 6.52. The van der Waals surface area contributed by atoms with Gasteiger partial charge in [0.25, 0.3) is 0 Å². The minimum atomic E-state index is -0.0800. The summed E-state index contributed by atoms with van der Waals surface area (Å²) in [5.74, 6) is 0.0681. The number of carbonyl (C=O) groups is 2. The van der Waals surface area contributed by atoms with Crippen molar-refractivity contribution in [3.8, 4) is 0 Å². The van der Waals surface area contributed by atoms with E-state index in [9.17, 15) is 9.59 Å². The van der Waals surface area contributed by atoms with Gasteiger partial charge in [-0.3, -0.25) is 9.59 Å². The second-order valence-corrected chi connectivity index (χ2v) is 5.28. The SMILES string of the molecule is CC(C)NCC(=O)Nc1cccc(N2CCCC2=O)c1. The van der Waals surface area contributed by atoms with Crippen LogP contribution in [0.25, 0.3) is 0 Å². The average molecular weight is 275 g/mol. The van der Waals surface area contributed by atoms with Gasteiger partial charge in [-0.15, -0.1) is 0 Å². The molecule has 0 radical (unpaired) electrons. The quantitative estimate of drug-likeness (QED) is 0.860. The summed E-state index contributed by atoms with van der Waals surface area (Å²) in [5, 5.41) is 5.90. The minimum Gasteiger partial charge on any atom is -0.325 e. The van der Waals surface area contributed by atoms with Gasteiger partial charge in [0.1, 0.15) is 0 Å². The smallest absolute Gasteiger partial charge is 0.238 e. The highest BCUT2D eigenvalue weighted by molar-refractivity contribution is 5.97. The first-order chi connectivity index (χ1) is 9.56. The molecule has 1 saturated heterocycles. The molecule has 0 aromatic heterocycles. The van der Waals surface area contributed by atoms with Crippen LogP contribution in [-0.4, -0.2) is 30.9 Å². The van der Waals surface area contributed by atoms with Crippen molar-refractivity contribution in [2.24, 2.45) is 0 Å². The molecule has 2 rings (SSSR count). The first-order valence-electron chi connectivity index (χ1n) is 7.00. The van der Waals surface area contributed by atoms with E-state index >= 15 is 0 Å². The van der Waals surface area contributed by atoms with Crippen LogP contribution < -0.4 is 15.5 Å². The molecule has 1 fully saturated rings. The summed E-state index contributed by atoms with van der Waals surface area (Å²) in [5.41, 5.74) is 1.57. The van der Waals surface area contributed by atoms with Gasteiger partial charge < -0.3 is 15.5 Å². The number of nitrogens with one attached hydrogen (secondary N) is 2. The summed E-state index contributed by atoms with van der Waals surface area (Å²) < 4.78 is 0. The first kappa shape index (κ1) is 14.5.